The molecule has 1 saturated carbocycles. The van der Waals surface area contributed by atoms with Crippen molar-refractivity contribution in [1.82, 2.24) is 9.62 Å². The maximum absolute atomic E-state index is 13.4. The van der Waals surface area contributed by atoms with E-state index in [9.17, 15) is 18.0 Å². The van der Waals surface area contributed by atoms with E-state index in [0.29, 0.717) is 19.5 Å². The zero-order chi connectivity index (χ0) is 23.4. The van der Waals surface area contributed by atoms with Crippen molar-refractivity contribution < 1.29 is 18.0 Å². The number of hydrogen-bond donors (Lipinski definition) is 1. The number of sulfonamides is 1. The van der Waals surface area contributed by atoms with Gasteiger partial charge in [0.05, 0.1) is 10.8 Å². The van der Waals surface area contributed by atoms with Crippen LogP contribution < -0.4 is 10.2 Å². The number of benzene rings is 1. The molecule has 1 N–H and O–H groups in total. The van der Waals surface area contributed by atoms with Crippen molar-refractivity contribution in [3.63, 3.8) is 0 Å². The molecule has 1 aliphatic carbocycles. The average molecular weight is 476 g/mol. The van der Waals surface area contributed by atoms with Crippen LogP contribution in [0.25, 0.3) is 0 Å². The summed E-state index contributed by atoms with van der Waals surface area (Å²) in [6, 6.07) is 5.30. The molecular formula is C25H37N3O4S. The van der Waals surface area contributed by atoms with Crippen LogP contribution in [-0.4, -0.2) is 50.2 Å². The fraction of sp³-hybridized carbons (Fsp3) is 0.680. The molecule has 2 heterocycles. The summed E-state index contributed by atoms with van der Waals surface area (Å²) in [5.41, 5.74) is 1.70. The number of hydrogen-bond acceptors (Lipinski definition) is 4. The van der Waals surface area contributed by atoms with Gasteiger partial charge in [0.25, 0.3) is 0 Å². The summed E-state index contributed by atoms with van der Waals surface area (Å²) in [6.07, 6.45) is 11.1. The van der Waals surface area contributed by atoms with E-state index in [1.54, 1.807) is 23.1 Å². The zero-order valence-corrected chi connectivity index (χ0v) is 20.5. The minimum atomic E-state index is -3.69. The number of nitrogens with zero attached hydrogens (tertiary/aromatic N) is 2. The SMILES string of the molecule is CC(=O)N1CCCc2cc(S(=O)(=O)N3CCCC(C(=O)NC4CCCCCCC4)C3)ccc21. The molecule has 2 amide bonds. The summed E-state index contributed by atoms with van der Waals surface area (Å²) < 4.78 is 28.4. The van der Waals surface area contributed by atoms with Crippen LogP contribution in [0, 0.1) is 5.92 Å². The lowest BCUT2D eigenvalue weighted by molar-refractivity contribution is -0.127. The van der Waals surface area contributed by atoms with Gasteiger partial charge in [-0.1, -0.05) is 32.1 Å². The molecule has 0 aromatic heterocycles. The van der Waals surface area contributed by atoms with Gasteiger partial charge in [-0.2, -0.15) is 4.31 Å². The van der Waals surface area contributed by atoms with E-state index >= 15 is 0 Å². The first-order valence-electron chi connectivity index (χ1n) is 12.6. The Bertz CT molecular complexity index is 970. The van der Waals surface area contributed by atoms with Crippen molar-refractivity contribution >= 4 is 27.5 Å². The molecule has 0 spiro atoms. The quantitative estimate of drug-likeness (QED) is 0.721. The average Bonchev–Trinajstić information content (AvgIpc) is 2.79. The van der Waals surface area contributed by atoms with E-state index in [1.807, 2.05) is 0 Å². The minimum absolute atomic E-state index is 0.00279. The topological polar surface area (TPSA) is 86.8 Å². The highest BCUT2D eigenvalue weighted by molar-refractivity contribution is 7.89. The lowest BCUT2D eigenvalue weighted by atomic mass is 9.94. The maximum atomic E-state index is 13.4. The minimum Gasteiger partial charge on any atom is -0.353 e. The zero-order valence-electron chi connectivity index (χ0n) is 19.7. The van der Waals surface area contributed by atoms with E-state index in [0.717, 1.165) is 56.2 Å². The fourth-order valence-corrected chi connectivity index (χ4v) is 7.08. The first-order valence-corrected chi connectivity index (χ1v) is 14.0. The molecule has 1 unspecified atom stereocenters. The Morgan fingerprint density at radius 2 is 1.67 bits per heavy atom. The number of carbonyl (C=O) groups is 2. The van der Waals surface area contributed by atoms with Crippen molar-refractivity contribution in [3.8, 4) is 0 Å². The molecule has 7 nitrogen and oxygen atoms in total. The number of piperidine rings is 1. The molecule has 0 radical (unpaired) electrons. The van der Waals surface area contributed by atoms with E-state index < -0.39 is 10.0 Å². The second-order valence-corrected chi connectivity index (χ2v) is 11.8. The predicted octanol–water partition coefficient (Wildman–Crippen LogP) is 3.62. The number of anilines is 1. The number of carbonyl (C=O) groups excluding carboxylic acids is 2. The van der Waals surface area contributed by atoms with Crippen LogP contribution in [0.5, 0.6) is 0 Å². The fourth-order valence-electron chi connectivity index (χ4n) is 5.50. The molecule has 4 rings (SSSR count). The maximum Gasteiger partial charge on any atom is 0.243 e. The molecule has 3 aliphatic rings. The number of rotatable bonds is 4. The summed E-state index contributed by atoms with van der Waals surface area (Å²) in [5.74, 6) is -0.325. The summed E-state index contributed by atoms with van der Waals surface area (Å²) in [6.45, 7) is 2.87. The van der Waals surface area contributed by atoms with Gasteiger partial charge in [-0.15, -0.1) is 0 Å². The molecule has 1 atom stereocenters. The first kappa shape index (κ1) is 24.2. The Balaban J connectivity index is 1.45. The van der Waals surface area contributed by atoms with Crippen LogP contribution in [0.2, 0.25) is 0 Å². The van der Waals surface area contributed by atoms with Crippen molar-refractivity contribution in [2.75, 3.05) is 24.5 Å². The molecule has 2 fully saturated rings. The van der Waals surface area contributed by atoms with E-state index in [-0.39, 0.29) is 35.2 Å². The van der Waals surface area contributed by atoms with Gasteiger partial charge >= 0.3 is 0 Å². The summed E-state index contributed by atoms with van der Waals surface area (Å²) in [4.78, 5) is 26.9. The number of nitrogens with one attached hydrogen (secondary N) is 1. The van der Waals surface area contributed by atoms with Gasteiger partial charge in [-0.05, 0) is 62.3 Å². The third-order valence-corrected chi connectivity index (χ3v) is 9.26. The third kappa shape index (κ3) is 5.60. The van der Waals surface area contributed by atoms with Crippen LogP contribution >= 0.6 is 0 Å². The van der Waals surface area contributed by atoms with Crippen molar-refractivity contribution in [2.24, 2.45) is 5.92 Å². The Hall–Kier alpha value is -1.93. The first-order chi connectivity index (χ1) is 15.9. The summed E-state index contributed by atoms with van der Waals surface area (Å²) in [7, 11) is -3.69. The lowest BCUT2D eigenvalue weighted by Crippen LogP contribution is -2.47. The monoisotopic (exact) mass is 475 g/mol. The van der Waals surface area contributed by atoms with Crippen LogP contribution in [0.3, 0.4) is 0 Å². The normalized spacial score (nSPS) is 23.3. The van der Waals surface area contributed by atoms with Crippen molar-refractivity contribution in [1.29, 1.82) is 0 Å². The molecule has 1 aromatic carbocycles. The Morgan fingerprint density at radius 1 is 0.939 bits per heavy atom. The molecule has 182 valence electrons. The summed E-state index contributed by atoms with van der Waals surface area (Å²) >= 11 is 0. The number of aryl methyl sites for hydroxylation is 1. The lowest BCUT2D eigenvalue weighted by Gasteiger charge is -2.33. The van der Waals surface area contributed by atoms with Gasteiger partial charge in [0.2, 0.25) is 21.8 Å². The van der Waals surface area contributed by atoms with Crippen LogP contribution in [-0.2, 0) is 26.0 Å². The second-order valence-electron chi connectivity index (χ2n) is 9.82. The molecule has 33 heavy (non-hydrogen) atoms. The third-order valence-electron chi connectivity index (χ3n) is 7.39. The van der Waals surface area contributed by atoms with E-state index in [1.165, 1.54) is 30.5 Å². The van der Waals surface area contributed by atoms with Crippen LogP contribution in [0.15, 0.2) is 23.1 Å². The largest absolute Gasteiger partial charge is 0.353 e. The smallest absolute Gasteiger partial charge is 0.243 e. The van der Waals surface area contributed by atoms with Gasteiger partial charge < -0.3 is 10.2 Å². The van der Waals surface area contributed by atoms with Crippen LogP contribution in [0.4, 0.5) is 5.69 Å². The van der Waals surface area contributed by atoms with Crippen molar-refractivity contribution in [2.45, 2.75) is 88.5 Å². The molecular weight excluding hydrogens is 438 g/mol. The van der Waals surface area contributed by atoms with Gasteiger partial charge in [-0.25, -0.2) is 8.42 Å². The molecule has 1 aromatic rings. The number of fused-ring (bicyclic) bond motifs is 1. The standard InChI is InChI=1S/C25H37N3O4S/c1-19(29)28-16-8-9-20-17-23(13-14-24(20)28)33(31,32)27-15-7-10-21(18-27)25(30)26-22-11-5-3-2-4-6-12-22/h13-14,17,21-22H,2-12,15-16,18H2,1H3,(H,26,30). The highest BCUT2D eigenvalue weighted by atomic mass is 32.2. The Morgan fingerprint density at radius 3 is 2.39 bits per heavy atom. The Labute approximate surface area is 198 Å². The van der Waals surface area contributed by atoms with Gasteiger partial charge in [-0.3, -0.25) is 9.59 Å². The van der Waals surface area contributed by atoms with Gasteiger partial charge in [0.15, 0.2) is 0 Å². The van der Waals surface area contributed by atoms with Gasteiger partial charge in [0.1, 0.15) is 0 Å². The highest BCUT2D eigenvalue weighted by Gasteiger charge is 2.34. The molecule has 0 bridgehead atoms. The second kappa shape index (κ2) is 10.6. The highest BCUT2D eigenvalue weighted by Crippen LogP contribution is 2.32. The number of amides is 2. The molecule has 1 saturated heterocycles. The van der Waals surface area contributed by atoms with Crippen molar-refractivity contribution in [3.05, 3.63) is 23.8 Å². The molecule has 2 aliphatic heterocycles. The van der Waals surface area contributed by atoms with E-state index in [2.05, 4.69) is 5.32 Å². The summed E-state index contributed by atoms with van der Waals surface area (Å²) in [5, 5.41) is 3.23. The molecule has 8 heteroatoms. The van der Waals surface area contributed by atoms with E-state index in [4.69, 9.17) is 0 Å². The predicted molar refractivity (Wildman–Crippen MR) is 129 cm³/mol. The van der Waals surface area contributed by atoms with Gasteiger partial charge in [0, 0.05) is 38.3 Å². The Kier molecular flexibility index (Phi) is 7.74. The van der Waals surface area contributed by atoms with Crippen LogP contribution in [0.1, 0.15) is 76.7 Å².